The molecule has 0 spiro atoms. The lowest BCUT2D eigenvalue weighted by Crippen LogP contribution is -2.48. The van der Waals surface area contributed by atoms with E-state index in [1.165, 1.54) is 11.0 Å². The molecule has 3 aliphatic rings. The lowest BCUT2D eigenvalue weighted by molar-refractivity contribution is -0.146. The Bertz CT molecular complexity index is 1990. The molecule has 12 heteroatoms. The van der Waals surface area contributed by atoms with E-state index in [0.717, 1.165) is 43.2 Å². The lowest BCUT2D eigenvalue weighted by atomic mass is 9.72. The highest BCUT2D eigenvalue weighted by Crippen LogP contribution is 2.55. The first-order valence-electron chi connectivity index (χ1n) is 24.2. The molecule has 7 unspecified atom stereocenters. The van der Waals surface area contributed by atoms with Crippen LogP contribution in [-0.2, 0) is 40.0 Å². The van der Waals surface area contributed by atoms with E-state index < -0.39 is 40.8 Å². The highest BCUT2D eigenvalue weighted by molar-refractivity contribution is 6.38. The molecule has 1 saturated heterocycles. The van der Waals surface area contributed by atoms with Crippen molar-refractivity contribution in [3.63, 3.8) is 0 Å². The highest BCUT2D eigenvalue weighted by atomic mass is 16.5. The van der Waals surface area contributed by atoms with Crippen molar-refractivity contribution in [3.8, 4) is 5.75 Å². The molecule has 0 radical (unpaired) electrons. The Hall–Kier alpha value is -4.97. The molecule has 0 aromatic heterocycles. The first-order chi connectivity index (χ1) is 31.2. The number of carbonyl (C=O) groups is 7. The number of allylic oxidation sites excluding steroid dienone is 1. The van der Waals surface area contributed by atoms with Crippen LogP contribution < -0.4 is 10.1 Å². The van der Waals surface area contributed by atoms with E-state index in [1.54, 1.807) is 32.0 Å². The zero-order valence-electron chi connectivity index (χ0n) is 39.4. The molecule has 5 rings (SSSR count). The molecular weight excluding hydrogens is 823 g/mol. The maximum absolute atomic E-state index is 14.8. The van der Waals surface area contributed by atoms with Crippen molar-refractivity contribution in [1.29, 1.82) is 0 Å². The van der Waals surface area contributed by atoms with Crippen LogP contribution in [0.25, 0.3) is 0 Å². The van der Waals surface area contributed by atoms with Gasteiger partial charge in [-0.2, -0.15) is 0 Å². The van der Waals surface area contributed by atoms with Crippen molar-refractivity contribution < 1.29 is 43.4 Å². The minimum atomic E-state index is -1.11. The van der Waals surface area contributed by atoms with Crippen molar-refractivity contribution in [2.24, 2.45) is 35.0 Å². The second-order valence-corrected chi connectivity index (χ2v) is 19.2. The monoisotopic (exact) mass is 896 g/mol. The van der Waals surface area contributed by atoms with Gasteiger partial charge in [-0.1, -0.05) is 95.0 Å². The van der Waals surface area contributed by atoms with Crippen molar-refractivity contribution in [2.45, 2.75) is 129 Å². The van der Waals surface area contributed by atoms with Gasteiger partial charge in [0.1, 0.15) is 11.5 Å². The Morgan fingerprint density at radius 3 is 2.40 bits per heavy atom. The minimum Gasteiger partial charge on any atom is -0.493 e. The number of ketones is 4. The Morgan fingerprint density at radius 1 is 0.969 bits per heavy atom. The zero-order chi connectivity index (χ0) is 47.1. The number of likely N-dealkylation sites (tertiary alicyclic amines) is 1. The number of aliphatic hydroxyl groups is 1. The van der Waals surface area contributed by atoms with Crippen LogP contribution in [0.15, 0.2) is 66.7 Å². The van der Waals surface area contributed by atoms with Gasteiger partial charge >= 0.3 is 0 Å². The number of nitrogens with zero attached hydrogens (tertiary/aromatic N) is 2. The molecule has 2 aromatic carbocycles. The van der Waals surface area contributed by atoms with Crippen molar-refractivity contribution in [1.82, 2.24) is 15.1 Å². The largest absolute Gasteiger partial charge is 0.493 e. The van der Waals surface area contributed by atoms with Gasteiger partial charge in [0.2, 0.25) is 17.6 Å². The highest BCUT2D eigenvalue weighted by Gasteiger charge is 2.59. The quantitative estimate of drug-likeness (QED) is 0.0562. The summed E-state index contributed by atoms with van der Waals surface area (Å²) in [5.41, 5.74) is 0.583. The fourth-order valence-electron chi connectivity index (χ4n) is 10.5. The Labute approximate surface area is 386 Å². The topological polar surface area (TPSA) is 167 Å². The number of hydrogen-bond donors (Lipinski definition) is 2. The fraction of sp³-hybridized carbons (Fsp3) is 0.604. The number of hydrogen-bond acceptors (Lipinski definition) is 9. The standard InChI is InChI=1S/C53H73N3O9/c1-6-28-53(3,49(61)50(62)54-35-41(59)22-14-24-43(51(63)55(4)5)38-18-9-7-10-19-38)45-34-44(45)48(60)46-25-15-29-56(46)52(64)47(39-20-11-8-12-21-39)36(2)26-27-40(58)32-37-17-13-23-42(33-37)65-31-16-30-57/h7,9-10,13-14,17-19,22-23,33,36,39,43-47,57H,6,8,11-12,15-16,20-21,24-32,34-35H2,1-5H3,(H,54,62)/b22-14+. The summed E-state index contributed by atoms with van der Waals surface area (Å²) >= 11 is 0. The van der Waals surface area contributed by atoms with E-state index >= 15 is 0 Å². The molecule has 2 aliphatic carbocycles. The molecule has 1 heterocycles. The van der Waals surface area contributed by atoms with Gasteiger partial charge in [0.15, 0.2) is 11.6 Å². The summed E-state index contributed by atoms with van der Waals surface area (Å²) in [5.74, 6) is -2.72. The van der Waals surface area contributed by atoms with Crippen LogP contribution >= 0.6 is 0 Å². The van der Waals surface area contributed by atoms with Crippen molar-refractivity contribution >= 4 is 40.9 Å². The molecule has 2 aromatic rings. The summed E-state index contributed by atoms with van der Waals surface area (Å²) in [6.45, 7) is 6.34. The van der Waals surface area contributed by atoms with Crippen molar-refractivity contribution in [3.05, 3.63) is 77.9 Å². The van der Waals surface area contributed by atoms with Gasteiger partial charge in [0.05, 0.1) is 25.1 Å². The van der Waals surface area contributed by atoms with Crippen LogP contribution in [0.1, 0.15) is 128 Å². The number of likely N-dealkylation sites (N-methyl/N-ethyl adjacent to an activating group) is 1. The first-order valence-corrected chi connectivity index (χ1v) is 24.2. The molecule has 354 valence electrons. The van der Waals surface area contributed by atoms with Crippen LogP contribution in [0, 0.1) is 35.0 Å². The van der Waals surface area contributed by atoms with Gasteiger partial charge < -0.3 is 25.0 Å². The van der Waals surface area contributed by atoms with Crippen LogP contribution in [0.5, 0.6) is 5.75 Å². The number of rotatable bonds is 26. The summed E-state index contributed by atoms with van der Waals surface area (Å²) in [7, 11) is 3.37. The summed E-state index contributed by atoms with van der Waals surface area (Å²) in [4.78, 5) is 98.8. The number of aliphatic hydroxyl groups excluding tert-OH is 1. The SMILES string of the molecule is CCCC(C)(C(=O)C(=O)NCC(=O)/C=C/CC(C(=O)N(C)C)c1ccccc1)C1CC1C(=O)C1CCCN1C(=O)C(C(C)CCC(=O)Cc1cccc(OCCCO)c1)C1CCCCC1. The van der Waals surface area contributed by atoms with E-state index in [0.29, 0.717) is 70.3 Å². The Balaban J connectivity index is 1.18. The zero-order valence-corrected chi connectivity index (χ0v) is 39.4. The number of ether oxygens (including phenoxy) is 1. The molecule has 2 N–H and O–H groups in total. The molecule has 2 saturated carbocycles. The minimum absolute atomic E-state index is 0.00278. The van der Waals surface area contributed by atoms with Crippen LogP contribution in [0.2, 0.25) is 0 Å². The maximum atomic E-state index is 14.8. The molecule has 3 amide bonds. The average Bonchev–Trinajstić information content (AvgIpc) is 3.97. The summed E-state index contributed by atoms with van der Waals surface area (Å²) < 4.78 is 5.70. The molecule has 65 heavy (non-hydrogen) atoms. The summed E-state index contributed by atoms with van der Waals surface area (Å²) in [5, 5.41) is 11.6. The average molecular weight is 896 g/mol. The number of Topliss-reactive ketones (excluding diaryl/α,β-unsaturated/α-hetero) is 3. The Kier molecular flexibility index (Phi) is 19.3. The summed E-state index contributed by atoms with van der Waals surface area (Å²) in [6, 6.07) is 16.2. The maximum Gasteiger partial charge on any atom is 0.288 e. The van der Waals surface area contributed by atoms with Gasteiger partial charge in [0.25, 0.3) is 5.91 Å². The normalized spacial score (nSPS) is 20.9. The molecule has 0 bridgehead atoms. The predicted octanol–water partition coefficient (Wildman–Crippen LogP) is 7.25. The van der Waals surface area contributed by atoms with Crippen molar-refractivity contribution in [2.75, 3.05) is 40.4 Å². The van der Waals surface area contributed by atoms with E-state index in [1.807, 2.05) is 61.5 Å². The molecule has 3 fully saturated rings. The third-order valence-corrected chi connectivity index (χ3v) is 14.2. The van der Waals surface area contributed by atoms with Gasteiger partial charge in [-0.05, 0) is 98.5 Å². The fourth-order valence-corrected chi connectivity index (χ4v) is 10.5. The van der Waals surface area contributed by atoms with E-state index in [4.69, 9.17) is 9.84 Å². The van der Waals surface area contributed by atoms with Gasteiger partial charge in [0, 0.05) is 63.8 Å². The van der Waals surface area contributed by atoms with Gasteiger partial charge in [-0.15, -0.1) is 0 Å². The van der Waals surface area contributed by atoms with E-state index in [9.17, 15) is 33.6 Å². The second-order valence-electron chi connectivity index (χ2n) is 19.2. The summed E-state index contributed by atoms with van der Waals surface area (Å²) in [6.07, 6.45) is 12.9. The third-order valence-electron chi connectivity index (χ3n) is 14.2. The third kappa shape index (κ3) is 13.8. The second kappa shape index (κ2) is 24.5. The van der Waals surface area contributed by atoms with Crippen LogP contribution in [0.3, 0.4) is 0 Å². The van der Waals surface area contributed by atoms with E-state index in [-0.39, 0.29) is 73.0 Å². The van der Waals surface area contributed by atoms with Crippen LogP contribution in [-0.4, -0.2) is 102 Å². The molecule has 12 nitrogen and oxygen atoms in total. The van der Waals surface area contributed by atoms with Gasteiger partial charge in [-0.25, -0.2) is 0 Å². The van der Waals surface area contributed by atoms with E-state index in [2.05, 4.69) is 12.2 Å². The first kappa shape index (κ1) is 51.0. The number of nitrogens with one attached hydrogen (secondary N) is 1. The molecular formula is C53H73N3O9. The number of amides is 3. The lowest BCUT2D eigenvalue weighted by Gasteiger charge is -2.37. The predicted molar refractivity (Wildman–Crippen MR) is 250 cm³/mol. The number of carbonyl (C=O) groups excluding carboxylic acids is 7. The smallest absolute Gasteiger partial charge is 0.288 e. The van der Waals surface area contributed by atoms with Gasteiger partial charge in [-0.3, -0.25) is 33.6 Å². The Morgan fingerprint density at radius 2 is 1.71 bits per heavy atom. The van der Waals surface area contributed by atoms with Crippen LogP contribution in [0.4, 0.5) is 0 Å². The molecule has 7 atom stereocenters. The molecule has 1 aliphatic heterocycles. The number of benzene rings is 2.